The van der Waals surface area contributed by atoms with Crippen molar-refractivity contribution >= 4 is 33.8 Å². The Hall–Kier alpha value is -2.09. The quantitative estimate of drug-likeness (QED) is 0.779. The molecule has 0 aromatic heterocycles. The van der Waals surface area contributed by atoms with Crippen LogP contribution < -0.4 is 5.32 Å². The minimum Gasteiger partial charge on any atom is -0.444 e. The zero-order valence-electron chi connectivity index (χ0n) is 16.0. The van der Waals surface area contributed by atoms with Crippen LogP contribution in [0.2, 0.25) is 0 Å². The normalized spacial score (nSPS) is 14.7. The summed E-state index contributed by atoms with van der Waals surface area (Å²) < 4.78 is 6.03. The number of carbonyl (C=O) groups excluding carboxylic acids is 3. The molecule has 1 saturated heterocycles. The Bertz CT molecular complexity index is 694. The number of amides is 3. The molecule has 1 aromatic carbocycles. The Morgan fingerprint density at radius 3 is 2.15 bits per heavy atom. The van der Waals surface area contributed by atoms with Crippen molar-refractivity contribution in [3.63, 3.8) is 0 Å². The summed E-state index contributed by atoms with van der Waals surface area (Å²) in [5, 5.41) is 2.47. The molecule has 1 aromatic rings. The van der Waals surface area contributed by atoms with Crippen molar-refractivity contribution in [2.75, 3.05) is 32.7 Å². The Morgan fingerprint density at radius 1 is 1.04 bits per heavy atom. The third-order valence-electron chi connectivity index (χ3n) is 4.07. The highest BCUT2D eigenvalue weighted by Crippen LogP contribution is 2.17. The van der Waals surface area contributed by atoms with Gasteiger partial charge in [-0.15, -0.1) is 0 Å². The second-order valence-corrected chi connectivity index (χ2v) is 8.24. The molecule has 0 radical (unpaired) electrons. The number of rotatable bonds is 4. The van der Waals surface area contributed by atoms with Crippen LogP contribution in [0.1, 0.15) is 26.3 Å². The first-order valence-electron chi connectivity index (χ1n) is 8.91. The average Bonchev–Trinajstić information content (AvgIpc) is 2.60. The maximum absolute atomic E-state index is 12.5. The molecule has 0 atom stereocenters. The number of benzene rings is 1. The van der Waals surface area contributed by atoms with E-state index in [0.717, 1.165) is 10.0 Å². The molecule has 1 N–H and O–H groups in total. The van der Waals surface area contributed by atoms with Gasteiger partial charge in [-0.05, 0) is 32.4 Å². The number of hydrogen-bond donors (Lipinski definition) is 1. The van der Waals surface area contributed by atoms with Crippen LogP contribution in [0, 0.1) is 0 Å². The van der Waals surface area contributed by atoms with Crippen molar-refractivity contribution in [1.29, 1.82) is 0 Å². The Labute approximate surface area is 168 Å². The highest BCUT2D eigenvalue weighted by atomic mass is 79.9. The van der Waals surface area contributed by atoms with Gasteiger partial charge >= 0.3 is 6.09 Å². The van der Waals surface area contributed by atoms with Crippen molar-refractivity contribution in [3.8, 4) is 0 Å². The van der Waals surface area contributed by atoms with E-state index in [9.17, 15) is 14.4 Å². The number of ether oxygens (including phenoxy) is 1. The number of carbonyl (C=O) groups is 3. The van der Waals surface area contributed by atoms with Gasteiger partial charge in [0.15, 0.2) is 0 Å². The summed E-state index contributed by atoms with van der Waals surface area (Å²) in [7, 11) is 0. The highest BCUT2D eigenvalue weighted by Gasteiger charge is 2.25. The molecular formula is C19H26BrN3O4. The first kappa shape index (κ1) is 21.2. The molecule has 1 aliphatic rings. The van der Waals surface area contributed by atoms with E-state index in [-0.39, 0.29) is 18.4 Å². The second kappa shape index (κ2) is 9.21. The van der Waals surface area contributed by atoms with Crippen molar-refractivity contribution in [3.05, 3.63) is 34.3 Å². The predicted octanol–water partition coefficient (Wildman–Crippen LogP) is 2.19. The highest BCUT2D eigenvalue weighted by molar-refractivity contribution is 9.10. The lowest BCUT2D eigenvalue weighted by Crippen LogP contribution is -2.53. The summed E-state index contributed by atoms with van der Waals surface area (Å²) in [6.45, 7) is 7.06. The van der Waals surface area contributed by atoms with Crippen LogP contribution in [0.5, 0.6) is 0 Å². The first-order chi connectivity index (χ1) is 12.7. The van der Waals surface area contributed by atoms with E-state index in [1.807, 2.05) is 24.3 Å². The molecule has 148 valence electrons. The molecule has 3 amide bonds. The molecule has 0 aliphatic carbocycles. The van der Waals surface area contributed by atoms with Crippen molar-refractivity contribution in [2.24, 2.45) is 0 Å². The van der Waals surface area contributed by atoms with E-state index in [1.165, 1.54) is 0 Å². The van der Waals surface area contributed by atoms with Gasteiger partial charge in [-0.3, -0.25) is 9.59 Å². The third kappa shape index (κ3) is 6.86. The van der Waals surface area contributed by atoms with Crippen LogP contribution >= 0.6 is 15.9 Å². The van der Waals surface area contributed by atoms with E-state index in [4.69, 9.17) is 4.74 Å². The molecule has 0 bridgehead atoms. The Kier molecular flexibility index (Phi) is 7.24. The van der Waals surface area contributed by atoms with Gasteiger partial charge in [-0.25, -0.2) is 4.79 Å². The number of hydrogen-bond acceptors (Lipinski definition) is 4. The lowest BCUT2D eigenvalue weighted by Gasteiger charge is -2.35. The monoisotopic (exact) mass is 439 g/mol. The number of nitrogens with one attached hydrogen (secondary N) is 1. The molecule has 7 nitrogen and oxygen atoms in total. The number of piperazine rings is 1. The maximum atomic E-state index is 12.5. The zero-order chi connectivity index (χ0) is 20.0. The van der Waals surface area contributed by atoms with Crippen LogP contribution in [0.25, 0.3) is 0 Å². The maximum Gasteiger partial charge on any atom is 0.408 e. The number of nitrogens with zero attached hydrogens (tertiary/aromatic N) is 2. The fourth-order valence-electron chi connectivity index (χ4n) is 2.70. The zero-order valence-corrected chi connectivity index (χ0v) is 17.5. The molecule has 27 heavy (non-hydrogen) atoms. The van der Waals surface area contributed by atoms with E-state index < -0.39 is 11.7 Å². The third-order valence-corrected chi connectivity index (χ3v) is 4.84. The Morgan fingerprint density at radius 2 is 1.59 bits per heavy atom. The van der Waals surface area contributed by atoms with E-state index in [1.54, 1.807) is 30.6 Å². The summed E-state index contributed by atoms with van der Waals surface area (Å²) in [4.78, 5) is 39.7. The Balaban J connectivity index is 1.76. The fourth-order valence-corrected chi connectivity index (χ4v) is 3.12. The predicted molar refractivity (Wildman–Crippen MR) is 105 cm³/mol. The van der Waals surface area contributed by atoms with Crippen LogP contribution in [-0.2, 0) is 20.7 Å². The molecule has 1 heterocycles. The van der Waals surface area contributed by atoms with E-state index >= 15 is 0 Å². The molecule has 0 spiro atoms. The van der Waals surface area contributed by atoms with Crippen LogP contribution in [0.4, 0.5) is 4.79 Å². The topological polar surface area (TPSA) is 79.0 Å². The van der Waals surface area contributed by atoms with E-state index in [0.29, 0.717) is 32.6 Å². The molecule has 0 unspecified atom stereocenters. The molecule has 1 aliphatic heterocycles. The standard InChI is InChI=1S/C19H26BrN3O4/c1-19(2,3)27-18(26)21-13-17(25)23-10-8-22(9-11-23)16(24)12-14-6-4-5-7-15(14)20/h4-7H,8-13H2,1-3H3,(H,21,26). The molecule has 0 saturated carbocycles. The molecule has 1 fully saturated rings. The summed E-state index contributed by atoms with van der Waals surface area (Å²) in [6, 6.07) is 7.65. The molecule has 8 heteroatoms. The van der Waals surface area contributed by atoms with Crippen LogP contribution in [0.15, 0.2) is 28.7 Å². The van der Waals surface area contributed by atoms with Crippen molar-refractivity contribution in [2.45, 2.75) is 32.8 Å². The number of alkyl carbamates (subject to hydrolysis) is 1. The summed E-state index contributed by atoms with van der Waals surface area (Å²) in [5.74, 6) is -0.139. The minimum absolute atomic E-state index is 0.0425. The van der Waals surface area contributed by atoms with Gasteiger partial charge in [0.1, 0.15) is 12.1 Å². The van der Waals surface area contributed by atoms with Gasteiger partial charge in [0.2, 0.25) is 11.8 Å². The molecule has 2 rings (SSSR count). The lowest BCUT2D eigenvalue weighted by atomic mass is 10.1. The molecular weight excluding hydrogens is 414 g/mol. The fraction of sp³-hybridized carbons (Fsp3) is 0.526. The van der Waals surface area contributed by atoms with Gasteiger partial charge < -0.3 is 19.9 Å². The second-order valence-electron chi connectivity index (χ2n) is 7.39. The first-order valence-corrected chi connectivity index (χ1v) is 9.71. The van der Waals surface area contributed by atoms with E-state index in [2.05, 4.69) is 21.2 Å². The van der Waals surface area contributed by atoms with Crippen molar-refractivity contribution in [1.82, 2.24) is 15.1 Å². The minimum atomic E-state index is -0.613. The van der Waals surface area contributed by atoms with Crippen molar-refractivity contribution < 1.29 is 19.1 Å². The average molecular weight is 440 g/mol. The smallest absolute Gasteiger partial charge is 0.408 e. The van der Waals surface area contributed by atoms with Gasteiger partial charge in [-0.2, -0.15) is 0 Å². The van der Waals surface area contributed by atoms with Crippen LogP contribution in [-0.4, -0.2) is 66.0 Å². The van der Waals surface area contributed by atoms with Gasteiger partial charge in [0, 0.05) is 30.7 Å². The number of halogens is 1. The van der Waals surface area contributed by atoms with Gasteiger partial charge in [0.05, 0.1) is 6.42 Å². The summed E-state index contributed by atoms with van der Waals surface area (Å²) >= 11 is 3.46. The van der Waals surface area contributed by atoms with Crippen LogP contribution in [0.3, 0.4) is 0 Å². The summed E-state index contributed by atoms with van der Waals surface area (Å²) in [5.41, 5.74) is 0.343. The SMILES string of the molecule is CC(C)(C)OC(=O)NCC(=O)N1CCN(C(=O)Cc2ccccc2Br)CC1. The van der Waals surface area contributed by atoms with Gasteiger partial charge in [-0.1, -0.05) is 34.1 Å². The summed E-state index contributed by atoms with van der Waals surface area (Å²) in [6.07, 6.45) is -0.284. The largest absolute Gasteiger partial charge is 0.444 e. The van der Waals surface area contributed by atoms with Gasteiger partial charge in [0.25, 0.3) is 0 Å². The lowest BCUT2D eigenvalue weighted by molar-refractivity contribution is -0.138.